The highest BCUT2D eigenvalue weighted by Crippen LogP contribution is 2.10. The molecule has 110 valence electrons. The molecule has 0 fully saturated rings. The van der Waals surface area contributed by atoms with Crippen molar-refractivity contribution >= 4 is 5.78 Å². The molecular formula is C18H32O. The van der Waals surface area contributed by atoms with Crippen molar-refractivity contribution in [1.82, 2.24) is 0 Å². The highest BCUT2D eigenvalue weighted by molar-refractivity contribution is 5.78. The number of hydrogen-bond donors (Lipinski definition) is 0. The predicted octanol–water partition coefficient (Wildman–Crippen LogP) is 6.00. The number of Topliss-reactive ketones (excluding diaryl/α,β-unsaturated/α-hetero) is 1. The Bertz CT molecular complexity index is 240. The maximum absolute atomic E-state index is 11.6. The molecule has 0 heterocycles. The normalized spacial score (nSPS) is 11.0. The lowest BCUT2D eigenvalue weighted by molar-refractivity contribution is -0.119. The van der Waals surface area contributed by atoms with E-state index >= 15 is 0 Å². The summed E-state index contributed by atoms with van der Waals surface area (Å²) in [7, 11) is 0. The first-order valence-corrected chi connectivity index (χ1v) is 8.10. The van der Waals surface area contributed by atoms with Crippen LogP contribution < -0.4 is 0 Å². The van der Waals surface area contributed by atoms with E-state index in [1.54, 1.807) is 0 Å². The van der Waals surface area contributed by atoms with Gasteiger partial charge in [-0.25, -0.2) is 0 Å². The second-order valence-corrected chi connectivity index (χ2v) is 5.32. The van der Waals surface area contributed by atoms with Crippen molar-refractivity contribution in [2.24, 2.45) is 0 Å². The Morgan fingerprint density at radius 1 is 0.895 bits per heavy atom. The van der Waals surface area contributed by atoms with Gasteiger partial charge < -0.3 is 0 Å². The molecule has 0 aromatic heterocycles. The van der Waals surface area contributed by atoms with Crippen molar-refractivity contribution in [3.63, 3.8) is 0 Å². The molecule has 0 saturated heterocycles. The zero-order chi connectivity index (χ0) is 14.2. The highest BCUT2D eigenvalue weighted by Gasteiger charge is 2.01. The van der Waals surface area contributed by atoms with Crippen LogP contribution in [0.25, 0.3) is 0 Å². The molecule has 0 amide bonds. The van der Waals surface area contributed by atoms with Gasteiger partial charge in [0.1, 0.15) is 5.78 Å². The summed E-state index contributed by atoms with van der Waals surface area (Å²) in [5.74, 6) is 0.477. The zero-order valence-electron chi connectivity index (χ0n) is 12.8. The molecule has 0 atom stereocenters. The average Bonchev–Trinajstić information content (AvgIpc) is 2.42. The van der Waals surface area contributed by atoms with Gasteiger partial charge in [-0.2, -0.15) is 0 Å². The topological polar surface area (TPSA) is 17.1 Å². The lowest BCUT2D eigenvalue weighted by atomic mass is 10.0. The second kappa shape index (κ2) is 15.2. The minimum absolute atomic E-state index is 0.477. The number of ketones is 1. The van der Waals surface area contributed by atoms with Crippen molar-refractivity contribution in [1.29, 1.82) is 0 Å². The summed E-state index contributed by atoms with van der Waals surface area (Å²) in [6, 6.07) is 0. The summed E-state index contributed by atoms with van der Waals surface area (Å²) in [4.78, 5) is 11.6. The highest BCUT2D eigenvalue weighted by atomic mass is 16.1. The molecule has 19 heavy (non-hydrogen) atoms. The van der Waals surface area contributed by atoms with Gasteiger partial charge in [0.15, 0.2) is 0 Å². The van der Waals surface area contributed by atoms with E-state index in [-0.39, 0.29) is 0 Å². The number of hydrogen-bond acceptors (Lipinski definition) is 1. The van der Waals surface area contributed by atoms with Gasteiger partial charge in [0.05, 0.1) is 0 Å². The molecule has 0 unspecified atom stereocenters. The van der Waals surface area contributed by atoms with Crippen LogP contribution in [0.3, 0.4) is 0 Å². The van der Waals surface area contributed by atoms with E-state index in [9.17, 15) is 4.79 Å². The summed E-state index contributed by atoms with van der Waals surface area (Å²) < 4.78 is 0. The monoisotopic (exact) mass is 264 g/mol. The molecule has 0 bridgehead atoms. The maximum atomic E-state index is 11.6. The summed E-state index contributed by atoms with van der Waals surface area (Å²) in [6.07, 6.45) is 19.7. The predicted molar refractivity (Wildman–Crippen MR) is 85.4 cm³/mol. The van der Waals surface area contributed by atoms with Crippen molar-refractivity contribution in [3.8, 4) is 0 Å². The summed E-state index contributed by atoms with van der Waals surface area (Å²) >= 11 is 0. The molecule has 0 aromatic carbocycles. The smallest absolute Gasteiger partial charge is 0.132 e. The first-order chi connectivity index (χ1) is 9.31. The third-order valence-electron chi connectivity index (χ3n) is 3.41. The zero-order valence-corrected chi connectivity index (χ0v) is 12.8. The lowest BCUT2D eigenvalue weighted by Crippen LogP contribution is -1.97. The van der Waals surface area contributed by atoms with Gasteiger partial charge in [0.2, 0.25) is 0 Å². The standard InChI is InChI=1S/C18H32O/c1-3-5-7-9-10-11-12-13-15-17-18(19)16-14-8-6-4-2/h3,5,7H,1,4,6,8-17H2,2H3. The minimum atomic E-state index is 0.477. The van der Waals surface area contributed by atoms with Gasteiger partial charge in [-0.15, -0.1) is 0 Å². The van der Waals surface area contributed by atoms with E-state index in [1.807, 2.05) is 12.2 Å². The van der Waals surface area contributed by atoms with Gasteiger partial charge >= 0.3 is 0 Å². The average molecular weight is 264 g/mol. The third kappa shape index (κ3) is 15.1. The Balaban J connectivity index is 3.18. The van der Waals surface area contributed by atoms with Crippen LogP contribution in [0.4, 0.5) is 0 Å². The van der Waals surface area contributed by atoms with E-state index < -0.39 is 0 Å². The molecule has 1 nitrogen and oxygen atoms in total. The van der Waals surface area contributed by atoms with Crippen LogP contribution in [-0.2, 0) is 4.79 Å². The molecular weight excluding hydrogens is 232 g/mol. The van der Waals surface area contributed by atoms with Crippen LogP contribution in [0, 0.1) is 0 Å². The molecule has 0 rings (SSSR count). The Hall–Kier alpha value is -0.850. The van der Waals surface area contributed by atoms with Gasteiger partial charge in [-0.05, 0) is 25.7 Å². The fourth-order valence-electron chi connectivity index (χ4n) is 2.18. The molecule has 1 heteroatoms. The van der Waals surface area contributed by atoms with Crippen molar-refractivity contribution < 1.29 is 4.79 Å². The van der Waals surface area contributed by atoms with Crippen molar-refractivity contribution in [3.05, 3.63) is 24.8 Å². The molecule has 0 spiro atoms. The maximum Gasteiger partial charge on any atom is 0.132 e. The summed E-state index contributed by atoms with van der Waals surface area (Å²) in [5.41, 5.74) is 0. The van der Waals surface area contributed by atoms with E-state index in [0.717, 1.165) is 32.1 Å². The molecule has 0 aliphatic heterocycles. The Morgan fingerprint density at radius 3 is 2.11 bits per heavy atom. The number of carbonyl (C=O) groups excluding carboxylic acids is 1. The van der Waals surface area contributed by atoms with Crippen LogP contribution in [-0.4, -0.2) is 5.78 Å². The fraction of sp³-hybridized carbons (Fsp3) is 0.722. The SMILES string of the molecule is C=CC=CCCCCCCCC(=O)CCCCCC. The summed E-state index contributed by atoms with van der Waals surface area (Å²) in [5, 5.41) is 0. The van der Waals surface area contributed by atoms with Crippen LogP contribution in [0.5, 0.6) is 0 Å². The molecule has 0 N–H and O–H groups in total. The quantitative estimate of drug-likeness (QED) is 0.278. The van der Waals surface area contributed by atoms with Crippen LogP contribution in [0.2, 0.25) is 0 Å². The van der Waals surface area contributed by atoms with E-state index in [4.69, 9.17) is 0 Å². The minimum Gasteiger partial charge on any atom is -0.300 e. The fourth-order valence-corrected chi connectivity index (χ4v) is 2.18. The Labute approximate surface area is 120 Å². The largest absolute Gasteiger partial charge is 0.300 e. The Morgan fingerprint density at radius 2 is 1.47 bits per heavy atom. The van der Waals surface area contributed by atoms with Gasteiger partial charge in [0, 0.05) is 12.8 Å². The van der Waals surface area contributed by atoms with Crippen molar-refractivity contribution in [2.45, 2.75) is 84.0 Å². The summed E-state index contributed by atoms with van der Waals surface area (Å²) in [6.45, 7) is 5.85. The number of unbranched alkanes of at least 4 members (excludes halogenated alkanes) is 8. The van der Waals surface area contributed by atoms with Crippen LogP contribution in [0.15, 0.2) is 24.8 Å². The number of rotatable bonds is 14. The molecule has 0 aromatic rings. The van der Waals surface area contributed by atoms with Gasteiger partial charge in [-0.1, -0.05) is 70.3 Å². The van der Waals surface area contributed by atoms with Crippen molar-refractivity contribution in [2.75, 3.05) is 0 Å². The van der Waals surface area contributed by atoms with Gasteiger partial charge in [0.25, 0.3) is 0 Å². The molecule has 0 aliphatic carbocycles. The number of allylic oxidation sites excluding steroid dienone is 3. The first-order valence-electron chi connectivity index (χ1n) is 8.10. The lowest BCUT2D eigenvalue weighted by Gasteiger charge is -2.01. The number of carbonyl (C=O) groups is 1. The van der Waals surface area contributed by atoms with E-state index in [2.05, 4.69) is 19.6 Å². The first kappa shape index (κ1) is 18.1. The van der Waals surface area contributed by atoms with E-state index in [0.29, 0.717) is 5.78 Å². The second-order valence-electron chi connectivity index (χ2n) is 5.32. The van der Waals surface area contributed by atoms with Gasteiger partial charge in [-0.3, -0.25) is 4.79 Å². The Kier molecular flexibility index (Phi) is 14.5. The molecule has 0 aliphatic rings. The van der Waals surface area contributed by atoms with Crippen LogP contribution >= 0.6 is 0 Å². The van der Waals surface area contributed by atoms with E-state index in [1.165, 1.54) is 44.9 Å². The molecule has 0 radical (unpaired) electrons. The van der Waals surface area contributed by atoms with Crippen LogP contribution in [0.1, 0.15) is 84.0 Å². The molecule has 0 saturated carbocycles. The third-order valence-corrected chi connectivity index (χ3v) is 3.41.